The van der Waals surface area contributed by atoms with Crippen molar-refractivity contribution in [1.82, 2.24) is 0 Å². The molecule has 1 nitrogen and oxygen atoms in total. The normalized spacial score (nSPS) is 12.4. The average Bonchev–Trinajstić information content (AvgIpc) is 2.36. The largest absolute Gasteiger partial charge is 0.392 e. The molecule has 0 amide bonds. The van der Waals surface area contributed by atoms with Crippen molar-refractivity contribution >= 4 is 27.7 Å². The number of halogens is 3. The van der Waals surface area contributed by atoms with Crippen LogP contribution in [0.2, 0.25) is 0 Å². The molecule has 0 aliphatic heterocycles. The van der Waals surface area contributed by atoms with E-state index < -0.39 is 17.7 Å². The molecule has 0 saturated heterocycles. The van der Waals surface area contributed by atoms with Crippen molar-refractivity contribution < 1.29 is 13.9 Å². The number of aliphatic hydroxyl groups excluding tert-OH is 1. The van der Waals surface area contributed by atoms with Crippen LogP contribution in [0.1, 0.15) is 5.56 Å². The molecular weight excluding hydrogens is 346 g/mol. The molecule has 20 heavy (non-hydrogen) atoms. The molecule has 2 rings (SSSR count). The Bertz CT molecular complexity index is 572. The first-order valence-electron chi connectivity index (χ1n) is 6.05. The fourth-order valence-corrected chi connectivity index (χ4v) is 3.31. The van der Waals surface area contributed by atoms with Gasteiger partial charge in [0.25, 0.3) is 0 Å². The lowest BCUT2D eigenvalue weighted by atomic mass is 10.1. The van der Waals surface area contributed by atoms with Gasteiger partial charge in [0.2, 0.25) is 0 Å². The monoisotopic (exact) mass is 358 g/mol. The molecule has 106 valence electrons. The van der Waals surface area contributed by atoms with Crippen molar-refractivity contribution in [3.63, 3.8) is 0 Å². The molecule has 0 aliphatic carbocycles. The Morgan fingerprint density at radius 3 is 2.40 bits per heavy atom. The van der Waals surface area contributed by atoms with Crippen LogP contribution in [0.4, 0.5) is 8.78 Å². The zero-order valence-electron chi connectivity index (χ0n) is 10.5. The summed E-state index contributed by atoms with van der Waals surface area (Å²) in [7, 11) is 0. The zero-order chi connectivity index (χ0) is 14.5. The lowest BCUT2D eigenvalue weighted by Gasteiger charge is -2.11. The van der Waals surface area contributed by atoms with Gasteiger partial charge < -0.3 is 5.11 Å². The summed E-state index contributed by atoms with van der Waals surface area (Å²) in [5, 5.41) is 9.96. The number of hydrogen-bond donors (Lipinski definition) is 1. The third kappa shape index (κ3) is 4.58. The van der Waals surface area contributed by atoms with Crippen molar-refractivity contribution in [3.05, 3.63) is 64.1 Å². The average molecular weight is 359 g/mol. The summed E-state index contributed by atoms with van der Waals surface area (Å²) in [6.07, 6.45) is -0.431. The molecule has 0 saturated carbocycles. The van der Waals surface area contributed by atoms with Crippen molar-refractivity contribution in [2.75, 3.05) is 5.75 Å². The fraction of sp³-hybridized carbons (Fsp3) is 0.200. The second kappa shape index (κ2) is 7.20. The van der Waals surface area contributed by atoms with E-state index in [4.69, 9.17) is 0 Å². The summed E-state index contributed by atoms with van der Waals surface area (Å²) in [4.78, 5) is 1.02. The third-order valence-corrected chi connectivity index (χ3v) is 4.83. The van der Waals surface area contributed by atoms with Gasteiger partial charge in [-0.1, -0.05) is 12.1 Å². The minimum atomic E-state index is -0.659. The third-order valence-electron chi connectivity index (χ3n) is 2.66. The van der Waals surface area contributed by atoms with E-state index in [1.807, 2.05) is 24.3 Å². The Labute approximate surface area is 129 Å². The van der Waals surface area contributed by atoms with Crippen LogP contribution < -0.4 is 0 Å². The maximum Gasteiger partial charge on any atom is 0.126 e. The quantitative estimate of drug-likeness (QED) is 0.798. The van der Waals surface area contributed by atoms with Crippen LogP contribution in [-0.4, -0.2) is 17.0 Å². The zero-order valence-corrected chi connectivity index (χ0v) is 12.9. The summed E-state index contributed by atoms with van der Waals surface area (Å²) in [5.74, 6) is -0.780. The van der Waals surface area contributed by atoms with E-state index in [1.165, 1.54) is 23.9 Å². The SMILES string of the molecule is OC(CSc1ccccc1Br)Cc1cc(F)cc(F)c1. The molecule has 0 fully saturated rings. The molecule has 2 aromatic carbocycles. The highest BCUT2D eigenvalue weighted by atomic mass is 79.9. The number of rotatable bonds is 5. The van der Waals surface area contributed by atoms with Crippen LogP contribution in [0, 0.1) is 11.6 Å². The van der Waals surface area contributed by atoms with E-state index in [1.54, 1.807) is 0 Å². The molecule has 1 unspecified atom stereocenters. The van der Waals surface area contributed by atoms with Gasteiger partial charge in [0.1, 0.15) is 11.6 Å². The molecule has 1 atom stereocenters. The van der Waals surface area contributed by atoms with E-state index in [2.05, 4.69) is 15.9 Å². The topological polar surface area (TPSA) is 20.2 Å². The van der Waals surface area contributed by atoms with E-state index >= 15 is 0 Å². The van der Waals surface area contributed by atoms with E-state index in [-0.39, 0.29) is 6.42 Å². The molecule has 0 aromatic heterocycles. The first-order chi connectivity index (χ1) is 9.54. The van der Waals surface area contributed by atoms with Gasteiger partial charge in [-0.15, -0.1) is 11.8 Å². The number of thioether (sulfide) groups is 1. The molecule has 0 aliphatic rings. The van der Waals surface area contributed by atoms with Crippen LogP contribution in [0.5, 0.6) is 0 Å². The number of benzene rings is 2. The Kier molecular flexibility index (Phi) is 5.57. The Balaban J connectivity index is 1.92. The van der Waals surface area contributed by atoms with E-state index in [0.29, 0.717) is 11.3 Å². The summed E-state index contributed by atoms with van der Waals surface area (Å²) >= 11 is 4.93. The molecule has 2 aromatic rings. The van der Waals surface area contributed by atoms with Gasteiger partial charge in [0, 0.05) is 21.2 Å². The van der Waals surface area contributed by atoms with Gasteiger partial charge in [0.15, 0.2) is 0 Å². The minimum Gasteiger partial charge on any atom is -0.392 e. The molecule has 0 radical (unpaired) electrons. The Hall–Kier alpha value is -0.910. The second-order valence-electron chi connectivity index (χ2n) is 4.38. The fourth-order valence-electron chi connectivity index (χ4n) is 1.81. The number of hydrogen-bond acceptors (Lipinski definition) is 2. The van der Waals surface area contributed by atoms with Crippen molar-refractivity contribution in [3.8, 4) is 0 Å². The van der Waals surface area contributed by atoms with E-state index in [9.17, 15) is 13.9 Å². The van der Waals surface area contributed by atoms with Crippen LogP contribution in [0.25, 0.3) is 0 Å². The van der Waals surface area contributed by atoms with Crippen LogP contribution in [-0.2, 0) is 6.42 Å². The lowest BCUT2D eigenvalue weighted by molar-refractivity contribution is 0.200. The van der Waals surface area contributed by atoms with Gasteiger partial charge in [-0.25, -0.2) is 8.78 Å². The van der Waals surface area contributed by atoms with Gasteiger partial charge in [-0.3, -0.25) is 0 Å². The highest BCUT2D eigenvalue weighted by molar-refractivity contribution is 9.10. The molecular formula is C15H13BrF2OS. The summed E-state index contributed by atoms with van der Waals surface area (Å²) in [6, 6.07) is 11.0. The predicted octanol–water partition coefficient (Wildman–Crippen LogP) is 4.42. The molecule has 1 N–H and O–H groups in total. The Morgan fingerprint density at radius 1 is 1.10 bits per heavy atom. The van der Waals surface area contributed by atoms with Gasteiger partial charge >= 0.3 is 0 Å². The predicted molar refractivity (Wildman–Crippen MR) is 80.9 cm³/mol. The maximum absolute atomic E-state index is 13.0. The van der Waals surface area contributed by atoms with Gasteiger partial charge in [-0.05, 0) is 52.2 Å². The van der Waals surface area contributed by atoms with E-state index in [0.717, 1.165) is 15.4 Å². The first-order valence-corrected chi connectivity index (χ1v) is 7.83. The Morgan fingerprint density at radius 2 is 1.75 bits per heavy atom. The molecule has 0 spiro atoms. The van der Waals surface area contributed by atoms with Crippen molar-refractivity contribution in [1.29, 1.82) is 0 Å². The molecule has 0 heterocycles. The minimum absolute atomic E-state index is 0.228. The summed E-state index contributed by atoms with van der Waals surface area (Å²) < 4.78 is 27.1. The van der Waals surface area contributed by atoms with Crippen LogP contribution >= 0.6 is 27.7 Å². The van der Waals surface area contributed by atoms with Crippen LogP contribution in [0.3, 0.4) is 0 Å². The van der Waals surface area contributed by atoms with Crippen LogP contribution in [0.15, 0.2) is 51.8 Å². The summed E-state index contributed by atoms with van der Waals surface area (Å²) in [6.45, 7) is 0. The number of aliphatic hydroxyl groups is 1. The highest BCUT2D eigenvalue weighted by Crippen LogP contribution is 2.27. The maximum atomic E-state index is 13.0. The smallest absolute Gasteiger partial charge is 0.126 e. The van der Waals surface area contributed by atoms with Crippen molar-refractivity contribution in [2.45, 2.75) is 17.4 Å². The first kappa shape index (κ1) is 15.5. The van der Waals surface area contributed by atoms with Gasteiger partial charge in [0.05, 0.1) is 6.10 Å². The highest BCUT2D eigenvalue weighted by Gasteiger charge is 2.10. The van der Waals surface area contributed by atoms with Crippen molar-refractivity contribution in [2.24, 2.45) is 0 Å². The standard InChI is InChI=1S/C15H13BrF2OS/c16-14-3-1-2-4-15(14)20-9-13(19)7-10-5-11(17)8-12(18)6-10/h1-6,8,13,19H,7,9H2. The second-order valence-corrected chi connectivity index (χ2v) is 6.29. The summed E-state index contributed by atoms with van der Waals surface area (Å²) in [5.41, 5.74) is 0.461. The molecule has 5 heteroatoms. The molecule has 0 bridgehead atoms. The van der Waals surface area contributed by atoms with Gasteiger partial charge in [-0.2, -0.15) is 0 Å². The lowest BCUT2D eigenvalue weighted by Crippen LogP contribution is -2.13.